The maximum absolute atomic E-state index is 13.2. The van der Waals surface area contributed by atoms with E-state index in [2.05, 4.69) is 10.5 Å². The molecule has 1 aliphatic rings. The van der Waals surface area contributed by atoms with Crippen molar-refractivity contribution in [1.82, 2.24) is 15.4 Å². The minimum Gasteiger partial charge on any atom is -0.497 e. The molecule has 0 radical (unpaired) electrons. The van der Waals surface area contributed by atoms with E-state index in [1.54, 1.807) is 61.8 Å². The van der Waals surface area contributed by atoms with Crippen molar-refractivity contribution in [2.75, 3.05) is 20.8 Å². The van der Waals surface area contributed by atoms with Crippen LogP contribution in [0.3, 0.4) is 0 Å². The van der Waals surface area contributed by atoms with Crippen LogP contribution in [0.25, 0.3) is 11.3 Å². The van der Waals surface area contributed by atoms with Crippen molar-refractivity contribution in [2.24, 2.45) is 0 Å². The van der Waals surface area contributed by atoms with Gasteiger partial charge in [-0.3, -0.25) is 9.59 Å². The lowest BCUT2D eigenvalue weighted by Gasteiger charge is -2.34. The van der Waals surface area contributed by atoms with Crippen LogP contribution in [-0.4, -0.2) is 48.7 Å². The van der Waals surface area contributed by atoms with Gasteiger partial charge in [0.15, 0.2) is 11.5 Å². The van der Waals surface area contributed by atoms with Crippen molar-refractivity contribution in [3.63, 3.8) is 0 Å². The molecule has 9 nitrogen and oxygen atoms in total. The summed E-state index contributed by atoms with van der Waals surface area (Å²) in [5, 5.41) is 6.82. The molecule has 9 heteroatoms. The maximum Gasteiger partial charge on any atom is 0.276 e. The number of methoxy groups -OCH3 is 2. The SMILES string of the molecule is COc1ccc(OC)c(-c2cc(C(=O)N3CCCCC3C(=O)NCc3ccco3)no2)c1. The third-order valence-corrected chi connectivity index (χ3v) is 5.48. The largest absolute Gasteiger partial charge is 0.497 e. The molecule has 0 bridgehead atoms. The van der Waals surface area contributed by atoms with Crippen molar-refractivity contribution < 1.29 is 28.0 Å². The van der Waals surface area contributed by atoms with Gasteiger partial charge in [0, 0.05) is 12.6 Å². The van der Waals surface area contributed by atoms with Gasteiger partial charge in [-0.25, -0.2) is 0 Å². The van der Waals surface area contributed by atoms with E-state index in [4.69, 9.17) is 18.4 Å². The number of piperidine rings is 1. The minimum atomic E-state index is -0.572. The van der Waals surface area contributed by atoms with Gasteiger partial charge in [0.25, 0.3) is 5.91 Å². The van der Waals surface area contributed by atoms with Crippen molar-refractivity contribution in [3.8, 4) is 22.8 Å². The topological polar surface area (TPSA) is 107 Å². The molecule has 3 heterocycles. The van der Waals surface area contributed by atoms with Crippen LogP contribution in [0.15, 0.2) is 51.6 Å². The summed E-state index contributed by atoms with van der Waals surface area (Å²) in [6, 6.07) is 9.81. The van der Waals surface area contributed by atoms with E-state index in [0.29, 0.717) is 41.5 Å². The molecule has 1 aliphatic heterocycles. The van der Waals surface area contributed by atoms with Crippen molar-refractivity contribution in [2.45, 2.75) is 31.8 Å². The van der Waals surface area contributed by atoms with E-state index >= 15 is 0 Å². The van der Waals surface area contributed by atoms with E-state index in [-0.39, 0.29) is 24.1 Å². The number of amides is 2. The molecule has 1 fully saturated rings. The average molecular weight is 439 g/mol. The van der Waals surface area contributed by atoms with Gasteiger partial charge in [-0.1, -0.05) is 5.16 Å². The molecule has 1 saturated heterocycles. The second kappa shape index (κ2) is 9.59. The summed E-state index contributed by atoms with van der Waals surface area (Å²) in [5.41, 5.74) is 0.750. The monoisotopic (exact) mass is 439 g/mol. The Bertz CT molecular complexity index is 1080. The van der Waals surface area contributed by atoms with Crippen LogP contribution in [0.2, 0.25) is 0 Å². The number of ether oxygens (including phenoxy) is 2. The lowest BCUT2D eigenvalue weighted by Crippen LogP contribution is -2.51. The van der Waals surface area contributed by atoms with Gasteiger partial charge < -0.3 is 28.6 Å². The Balaban J connectivity index is 1.52. The number of aromatic nitrogens is 1. The van der Waals surface area contributed by atoms with Crippen LogP contribution >= 0.6 is 0 Å². The standard InChI is InChI=1S/C23H25N3O6/c1-29-15-8-9-20(30-2)17(12-15)21-13-18(25-32-21)23(28)26-10-4-3-7-19(26)22(27)24-14-16-6-5-11-31-16/h5-6,8-9,11-13,19H,3-4,7,10,14H2,1-2H3,(H,24,27). The number of hydrogen-bond acceptors (Lipinski definition) is 7. The minimum absolute atomic E-state index is 0.135. The highest BCUT2D eigenvalue weighted by Crippen LogP contribution is 2.34. The Labute approximate surface area is 185 Å². The molecule has 4 rings (SSSR count). The fourth-order valence-corrected chi connectivity index (χ4v) is 3.81. The zero-order chi connectivity index (χ0) is 22.5. The Morgan fingerprint density at radius 1 is 1.19 bits per heavy atom. The van der Waals surface area contributed by atoms with E-state index < -0.39 is 6.04 Å². The Kier molecular flexibility index (Phi) is 6.44. The number of rotatable bonds is 7. The van der Waals surface area contributed by atoms with Gasteiger partial charge in [0.2, 0.25) is 5.91 Å². The molecule has 32 heavy (non-hydrogen) atoms. The van der Waals surface area contributed by atoms with E-state index in [0.717, 1.165) is 12.8 Å². The van der Waals surface area contributed by atoms with Crippen molar-refractivity contribution in [3.05, 3.63) is 54.1 Å². The molecular weight excluding hydrogens is 414 g/mol. The van der Waals surface area contributed by atoms with Gasteiger partial charge in [-0.05, 0) is 49.6 Å². The highest BCUT2D eigenvalue weighted by molar-refractivity contribution is 5.97. The summed E-state index contributed by atoms with van der Waals surface area (Å²) in [6.45, 7) is 0.746. The molecule has 2 aromatic heterocycles. The second-order valence-corrected chi connectivity index (χ2v) is 7.45. The summed E-state index contributed by atoms with van der Waals surface area (Å²) in [7, 11) is 3.11. The van der Waals surface area contributed by atoms with E-state index in [9.17, 15) is 9.59 Å². The van der Waals surface area contributed by atoms with Crippen LogP contribution < -0.4 is 14.8 Å². The zero-order valence-corrected chi connectivity index (χ0v) is 18.0. The van der Waals surface area contributed by atoms with Crippen LogP contribution in [0, 0.1) is 0 Å². The number of carbonyl (C=O) groups excluding carboxylic acids is 2. The smallest absolute Gasteiger partial charge is 0.276 e. The molecule has 1 unspecified atom stereocenters. The van der Waals surface area contributed by atoms with Gasteiger partial charge >= 0.3 is 0 Å². The highest BCUT2D eigenvalue weighted by Gasteiger charge is 2.34. The van der Waals surface area contributed by atoms with Crippen LogP contribution in [0.1, 0.15) is 35.5 Å². The summed E-state index contributed by atoms with van der Waals surface area (Å²) in [4.78, 5) is 27.6. The lowest BCUT2D eigenvalue weighted by molar-refractivity contribution is -0.126. The fourth-order valence-electron chi connectivity index (χ4n) is 3.81. The number of nitrogens with zero attached hydrogens (tertiary/aromatic N) is 2. The Hall–Kier alpha value is -3.75. The van der Waals surface area contributed by atoms with Gasteiger partial charge in [-0.15, -0.1) is 0 Å². The average Bonchev–Trinajstić information content (AvgIpc) is 3.54. The Morgan fingerprint density at radius 2 is 2.06 bits per heavy atom. The van der Waals surface area contributed by atoms with Crippen LogP contribution in [0.5, 0.6) is 11.5 Å². The van der Waals surface area contributed by atoms with Gasteiger partial charge in [0.05, 0.1) is 32.6 Å². The first-order valence-electron chi connectivity index (χ1n) is 10.4. The fraction of sp³-hybridized carbons (Fsp3) is 0.348. The summed E-state index contributed by atoms with van der Waals surface area (Å²) in [6.07, 6.45) is 3.83. The zero-order valence-electron chi connectivity index (χ0n) is 18.0. The third kappa shape index (κ3) is 4.46. The van der Waals surface area contributed by atoms with Gasteiger partial charge in [0.1, 0.15) is 23.3 Å². The van der Waals surface area contributed by atoms with Crippen LogP contribution in [0.4, 0.5) is 0 Å². The second-order valence-electron chi connectivity index (χ2n) is 7.45. The number of hydrogen-bond donors (Lipinski definition) is 1. The maximum atomic E-state index is 13.2. The van der Waals surface area contributed by atoms with Crippen molar-refractivity contribution >= 4 is 11.8 Å². The number of nitrogens with one attached hydrogen (secondary N) is 1. The number of carbonyl (C=O) groups is 2. The van der Waals surface area contributed by atoms with Crippen LogP contribution in [-0.2, 0) is 11.3 Å². The quantitative estimate of drug-likeness (QED) is 0.602. The first-order valence-corrected chi connectivity index (χ1v) is 10.4. The molecule has 0 saturated carbocycles. The van der Waals surface area contributed by atoms with E-state index in [1.807, 2.05) is 0 Å². The molecule has 2 amide bonds. The lowest BCUT2D eigenvalue weighted by atomic mass is 10.0. The molecule has 0 spiro atoms. The predicted octanol–water partition coefficient (Wildman–Crippen LogP) is 3.26. The summed E-state index contributed by atoms with van der Waals surface area (Å²) >= 11 is 0. The molecule has 168 valence electrons. The summed E-state index contributed by atoms with van der Waals surface area (Å²) < 4.78 is 21.4. The summed E-state index contributed by atoms with van der Waals surface area (Å²) in [5.74, 6) is 1.65. The van der Waals surface area contributed by atoms with Gasteiger partial charge in [-0.2, -0.15) is 0 Å². The molecule has 0 aliphatic carbocycles. The highest BCUT2D eigenvalue weighted by atomic mass is 16.5. The normalized spacial score (nSPS) is 15.9. The number of benzene rings is 1. The Morgan fingerprint density at radius 3 is 2.81 bits per heavy atom. The molecule has 1 N–H and O–H groups in total. The first-order chi connectivity index (χ1) is 15.6. The number of furan rings is 1. The van der Waals surface area contributed by atoms with E-state index in [1.165, 1.54) is 0 Å². The molecular formula is C23H25N3O6. The predicted molar refractivity (Wildman–Crippen MR) is 114 cm³/mol. The molecule has 1 aromatic carbocycles. The number of likely N-dealkylation sites (tertiary alicyclic amines) is 1. The molecule has 3 aromatic rings. The van der Waals surface area contributed by atoms with Crippen molar-refractivity contribution in [1.29, 1.82) is 0 Å². The molecule has 1 atom stereocenters. The third-order valence-electron chi connectivity index (χ3n) is 5.48. The first kappa shape index (κ1) is 21.5.